The molecule has 1 aromatic carbocycles. The molecule has 30 heavy (non-hydrogen) atoms. The third kappa shape index (κ3) is 4.20. The Labute approximate surface area is 181 Å². The van der Waals surface area contributed by atoms with Crippen molar-refractivity contribution in [3.05, 3.63) is 41.5 Å². The zero-order valence-electron chi connectivity index (χ0n) is 16.8. The Kier molecular flexibility index (Phi) is 6.06. The van der Waals surface area contributed by atoms with Gasteiger partial charge >= 0.3 is 0 Å². The van der Waals surface area contributed by atoms with Gasteiger partial charge in [-0.3, -0.25) is 9.59 Å². The molecule has 3 heterocycles. The predicted molar refractivity (Wildman–Crippen MR) is 115 cm³/mol. The van der Waals surface area contributed by atoms with Crippen LogP contribution in [-0.4, -0.2) is 51.1 Å². The van der Waals surface area contributed by atoms with E-state index < -0.39 is 0 Å². The van der Waals surface area contributed by atoms with E-state index in [9.17, 15) is 9.59 Å². The third-order valence-electron chi connectivity index (χ3n) is 6.12. The van der Waals surface area contributed by atoms with Crippen LogP contribution in [-0.2, 0) is 17.9 Å². The van der Waals surface area contributed by atoms with E-state index in [1.807, 2.05) is 23.1 Å². The van der Waals surface area contributed by atoms with E-state index in [0.29, 0.717) is 30.3 Å². The summed E-state index contributed by atoms with van der Waals surface area (Å²) >= 11 is 0. The highest BCUT2D eigenvalue weighted by Gasteiger charge is 2.31. The van der Waals surface area contributed by atoms with E-state index in [2.05, 4.69) is 25.4 Å². The number of piperidine rings is 1. The summed E-state index contributed by atoms with van der Waals surface area (Å²) in [5.74, 6) is 2.66. The normalized spacial score (nSPS) is 19.0. The first-order valence-corrected chi connectivity index (χ1v) is 10.5. The summed E-state index contributed by atoms with van der Waals surface area (Å²) in [6.45, 7) is 4.06. The topological polar surface area (TPSA) is 92.2 Å². The Morgan fingerprint density at radius 3 is 2.63 bits per heavy atom. The van der Waals surface area contributed by atoms with Gasteiger partial charge in [0.2, 0.25) is 5.91 Å². The highest BCUT2D eigenvalue weighted by Crippen LogP contribution is 2.31. The van der Waals surface area contributed by atoms with Gasteiger partial charge in [-0.1, -0.05) is 6.07 Å². The molecule has 9 heteroatoms. The maximum Gasteiger partial charge on any atom is 0.253 e. The maximum absolute atomic E-state index is 13.0. The van der Waals surface area contributed by atoms with Gasteiger partial charge in [0.15, 0.2) is 0 Å². The number of anilines is 1. The molecule has 0 spiro atoms. The summed E-state index contributed by atoms with van der Waals surface area (Å²) in [6.07, 6.45) is 3.72. The van der Waals surface area contributed by atoms with Crippen LogP contribution in [0.4, 0.5) is 5.69 Å². The van der Waals surface area contributed by atoms with Crippen LogP contribution in [0, 0.1) is 5.92 Å². The molecule has 2 N–H and O–H groups in total. The van der Waals surface area contributed by atoms with Crippen molar-refractivity contribution in [3.63, 3.8) is 0 Å². The van der Waals surface area contributed by atoms with E-state index >= 15 is 0 Å². The fourth-order valence-electron chi connectivity index (χ4n) is 4.26. The molecular weight excluding hydrogens is 404 g/mol. The van der Waals surface area contributed by atoms with Crippen molar-refractivity contribution in [3.8, 4) is 0 Å². The van der Waals surface area contributed by atoms with E-state index in [1.165, 1.54) is 0 Å². The average molecular weight is 431 g/mol. The Balaban J connectivity index is 0.00000218. The van der Waals surface area contributed by atoms with Crippen LogP contribution in [0.15, 0.2) is 24.3 Å². The molecule has 2 aliphatic heterocycles. The first-order chi connectivity index (χ1) is 14.2. The van der Waals surface area contributed by atoms with Gasteiger partial charge < -0.3 is 20.1 Å². The summed E-state index contributed by atoms with van der Waals surface area (Å²) in [6, 6.07) is 7.28. The molecule has 1 saturated heterocycles. The number of nitrogens with zero attached hydrogens (tertiary/aromatic N) is 4. The standard InChI is InChI=1S/C21H26N6O2.ClH/c28-20(15-4-5-15)23-17-3-1-2-16(12-17)21(29)26-9-6-14(7-10-26)19-25-24-18-13-22-8-11-27(18)19;/h1-3,12,14-15,22H,4-11,13H2,(H,23,28);1H. The van der Waals surface area contributed by atoms with Gasteiger partial charge in [-0.05, 0) is 43.9 Å². The predicted octanol–water partition coefficient (Wildman–Crippen LogP) is 2.17. The first-order valence-electron chi connectivity index (χ1n) is 10.5. The van der Waals surface area contributed by atoms with Crippen LogP contribution in [0.1, 0.15) is 53.6 Å². The van der Waals surface area contributed by atoms with Gasteiger partial charge in [-0.2, -0.15) is 0 Å². The van der Waals surface area contributed by atoms with Gasteiger partial charge in [0.1, 0.15) is 11.6 Å². The largest absolute Gasteiger partial charge is 0.339 e. The minimum absolute atomic E-state index is 0. The van der Waals surface area contributed by atoms with E-state index in [4.69, 9.17) is 0 Å². The van der Waals surface area contributed by atoms with Crippen molar-refractivity contribution in [2.24, 2.45) is 5.92 Å². The quantitative estimate of drug-likeness (QED) is 0.775. The Morgan fingerprint density at radius 2 is 1.87 bits per heavy atom. The number of benzene rings is 1. The van der Waals surface area contributed by atoms with Crippen molar-refractivity contribution < 1.29 is 9.59 Å². The van der Waals surface area contributed by atoms with Crippen LogP contribution in [0.2, 0.25) is 0 Å². The molecule has 2 amide bonds. The fourth-order valence-corrected chi connectivity index (χ4v) is 4.26. The molecule has 2 fully saturated rings. The molecule has 2 aromatic rings. The van der Waals surface area contributed by atoms with E-state index in [1.54, 1.807) is 6.07 Å². The number of amides is 2. The molecular formula is C21H27ClN6O2. The van der Waals surface area contributed by atoms with Crippen molar-refractivity contribution >= 4 is 29.9 Å². The monoisotopic (exact) mass is 430 g/mol. The van der Waals surface area contributed by atoms with Crippen molar-refractivity contribution in [2.75, 3.05) is 25.0 Å². The number of rotatable bonds is 4. The third-order valence-corrected chi connectivity index (χ3v) is 6.12. The van der Waals surface area contributed by atoms with Crippen molar-refractivity contribution in [1.29, 1.82) is 0 Å². The lowest BCUT2D eigenvalue weighted by Gasteiger charge is -2.32. The minimum atomic E-state index is 0. The number of likely N-dealkylation sites (tertiary alicyclic amines) is 1. The smallest absolute Gasteiger partial charge is 0.253 e. The summed E-state index contributed by atoms with van der Waals surface area (Å²) < 4.78 is 2.24. The van der Waals surface area contributed by atoms with Crippen LogP contribution in [0.5, 0.6) is 0 Å². The number of aromatic nitrogens is 3. The van der Waals surface area contributed by atoms with Gasteiger partial charge in [0.05, 0.1) is 6.54 Å². The molecule has 3 aliphatic rings. The number of hydrogen-bond acceptors (Lipinski definition) is 5. The SMILES string of the molecule is Cl.O=C(Nc1cccc(C(=O)N2CCC(c3nnc4n3CCNC4)CC2)c1)C1CC1. The molecule has 1 aromatic heterocycles. The molecule has 1 saturated carbocycles. The number of nitrogens with one attached hydrogen (secondary N) is 2. The molecule has 0 atom stereocenters. The van der Waals surface area contributed by atoms with Crippen LogP contribution < -0.4 is 10.6 Å². The van der Waals surface area contributed by atoms with Crippen molar-refractivity contribution in [2.45, 2.75) is 44.7 Å². The fraction of sp³-hybridized carbons (Fsp3) is 0.524. The molecule has 0 bridgehead atoms. The number of fused-ring (bicyclic) bond motifs is 1. The second kappa shape index (κ2) is 8.73. The Hall–Kier alpha value is -2.45. The molecule has 5 rings (SSSR count). The lowest BCUT2D eigenvalue weighted by molar-refractivity contribution is -0.117. The number of halogens is 1. The lowest BCUT2D eigenvalue weighted by Crippen LogP contribution is -2.39. The number of carbonyl (C=O) groups excluding carboxylic acids is 2. The zero-order valence-corrected chi connectivity index (χ0v) is 17.7. The zero-order chi connectivity index (χ0) is 19.8. The molecule has 1 aliphatic carbocycles. The van der Waals surface area contributed by atoms with Gasteiger partial charge in [-0.15, -0.1) is 22.6 Å². The summed E-state index contributed by atoms with van der Waals surface area (Å²) in [7, 11) is 0. The average Bonchev–Trinajstić information content (AvgIpc) is 3.53. The highest BCUT2D eigenvalue weighted by molar-refractivity contribution is 5.98. The molecule has 160 valence electrons. The Bertz CT molecular complexity index is 933. The second-order valence-electron chi connectivity index (χ2n) is 8.21. The van der Waals surface area contributed by atoms with E-state index in [-0.39, 0.29) is 30.1 Å². The summed E-state index contributed by atoms with van der Waals surface area (Å²) in [5, 5.41) is 15.0. The van der Waals surface area contributed by atoms with Crippen LogP contribution >= 0.6 is 12.4 Å². The van der Waals surface area contributed by atoms with Gasteiger partial charge in [0.25, 0.3) is 5.91 Å². The lowest BCUT2D eigenvalue weighted by atomic mass is 9.95. The summed E-state index contributed by atoms with van der Waals surface area (Å²) in [5.41, 5.74) is 1.33. The maximum atomic E-state index is 13.0. The van der Waals surface area contributed by atoms with E-state index in [0.717, 1.165) is 57.0 Å². The van der Waals surface area contributed by atoms with Gasteiger partial charge in [0, 0.05) is 49.3 Å². The molecule has 8 nitrogen and oxygen atoms in total. The summed E-state index contributed by atoms with van der Waals surface area (Å²) in [4.78, 5) is 26.9. The minimum Gasteiger partial charge on any atom is -0.339 e. The Morgan fingerprint density at radius 1 is 1.07 bits per heavy atom. The van der Waals surface area contributed by atoms with Crippen LogP contribution in [0.3, 0.4) is 0 Å². The first kappa shape index (κ1) is 20.8. The molecule has 0 radical (unpaired) electrons. The van der Waals surface area contributed by atoms with Crippen molar-refractivity contribution in [1.82, 2.24) is 25.0 Å². The van der Waals surface area contributed by atoms with Gasteiger partial charge in [-0.25, -0.2) is 0 Å². The number of carbonyl (C=O) groups is 2. The van der Waals surface area contributed by atoms with Crippen LogP contribution in [0.25, 0.3) is 0 Å². The number of hydrogen-bond donors (Lipinski definition) is 2. The molecule has 0 unspecified atom stereocenters. The highest BCUT2D eigenvalue weighted by atomic mass is 35.5. The second-order valence-corrected chi connectivity index (χ2v) is 8.21.